The Kier molecular flexibility index (Phi) is 11.4. The fourth-order valence-electron chi connectivity index (χ4n) is 0.993. The molecular weight excluding hydrogens is 235 g/mol. The third-order valence-corrected chi connectivity index (χ3v) is 2.57. The summed E-state index contributed by atoms with van der Waals surface area (Å²) in [6.45, 7) is 5.63. The number of ether oxygens (including phenoxy) is 2. The lowest BCUT2D eigenvalue weighted by atomic mass is 10.3. The second kappa shape index (κ2) is 11.0. The Morgan fingerprint density at radius 3 is 1.60 bits per heavy atom. The van der Waals surface area contributed by atoms with Crippen LogP contribution in [0.2, 0.25) is 0 Å². The Hall–Kier alpha value is 0.500. The molecule has 2 atom stereocenters. The van der Waals surface area contributed by atoms with Crippen molar-refractivity contribution in [2.45, 2.75) is 57.1 Å². The summed E-state index contributed by atoms with van der Waals surface area (Å²) < 4.78 is 10.7. The van der Waals surface area contributed by atoms with Crippen molar-refractivity contribution in [2.24, 2.45) is 0 Å². The van der Waals surface area contributed by atoms with Gasteiger partial charge in [0.1, 0.15) is 11.1 Å². The summed E-state index contributed by atoms with van der Waals surface area (Å²) in [4.78, 5) is 0. The van der Waals surface area contributed by atoms with Crippen LogP contribution in [0.4, 0.5) is 0 Å². The molecule has 0 amide bonds. The van der Waals surface area contributed by atoms with Crippen LogP contribution in [0, 0.1) is 0 Å². The van der Waals surface area contributed by atoms with Gasteiger partial charge in [-0.25, -0.2) is 0 Å². The quantitative estimate of drug-likeness (QED) is 0.432. The first-order chi connectivity index (χ1) is 7.20. The van der Waals surface area contributed by atoms with Crippen LogP contribution in [0.1, 0.15) is 46.0 Å². The molecular formula is C11H22Cl2O2. The number of hydrogen-bond donors (Lipinski definition) is 0. The summed E-state index contributed by atoms with van der Waals surface area (Å²) in [5.41, 5.74) is -0.665. The fraction of sp³-hybridized carbons (Fsp3) is 1.00. The molecule has 0 saturated carbocycles. The number of unbranched alkanes of at least 4 members (excludes halogenated alkanes) is 2. The second-order valence-electron chi connectivity index (χ2n) is 3.50. The zero-order valence-electron chi connectivity index (χ0n) is 9.68. The van der Waals surface area contributed by atoms with E-state index in [1.54, 1.807) is 0 Å². The van der Waals surface area contributed by atoms with Gasteiger partial charge in [-0.3, -0.25) is 0 Å². The topological polar surface area (TPSA) is 18.5 Å². The van der Waals surface area contributed by atoms with E-state index >= 15 is 0 Å². The van der Waals surface area contributed by atoms with Crippen molar-refractivity contribution in [1.29, 1.82) is 0 Å². The van der Waals surface area contributed by atoms with Crippen LogP contribution in [0.15, 0.2) is 0 Å². The highest BCUT2D eigenvalue weighted by molar-refractivity contribution is 6.22. The summed E-state index contributed by atoms with van der Waals surface area (Å²) >= 11 is 11.9. The molecule has 92 valence electrons. The molecule has 0 aliphatic heterocycles. The third-order valence-electron chi connectivity index (χ3n) is 1.96. The summed E-state index contributed by atoms with van der Waals surface area (Å²) in [6, 6.07) is 0. The van der Waals surface area contributed by atoms with E-state index in [9.17, 15) is 0 Å². The average molecular weight is 257 g/mol. The highest BCUT2D eigenvalue weighted by Gasteiger charge is 2.12. The highest BCUT2D eigenvalue weighted by Crippen LogP contribution is 2.14. The molecule has 0 aliphatic rings. The van der Waals surface area contributed by atoms with Gasteiger partial charge in [-0.05, 0) is 12.8 Å². The first kappa shape index (κ1) is 15.5. The predicted octanol–water partition coefficient (Wildman–Crippen LogP) is 4.14. The van der Waals surface area contributed by atoms with Gasteiger partial charge in [0, 0.05) is 19.6 Å². The van der Waals surface area contributed by atoms with Gasteiger partial charge < -0.3 is 9.47 Å². The minimum absolute atomic E-state index is 0.333. The molecule has 0 bridgehead atoms. The zero-order valence-corrected chi connectivity index (χ0v) is 11.2. The van der Waals surface area contributed by atoms with Crippen molar-refractivity contribution in [3.05, 3.63) is 0 Å². The van der Waals surface area contributed by atoms with E-state index in [1.165, 1.54) is 0 Å². The van der Waals surface area contributed by atoms with E-state index in [1.807, 2.05) is 0 Å². The fourth-order valence-corrected chi connectivity index (χ4v) is 1.59. The van der Waals surface area contributed by atoms with E-state index < -0.39 is 0 Å². The molecule has 0 spiro atoms. The standard InChI is InChI=1S/C11H22Cl2O2/c1-3-5-7-14-10(12)9-11(13)15-8-6-4-2/h10-11H,3-9H2,1-2H3. The molecule has 0 aromatic rings. The maximum atomic E-state index is 5.94. The highest BCUT2D eigenvalue weighted by atomic mass is 35.5. The summed E-state index contributed by atoms with van der Waals surface area (Å²) in [5, 5.41) is 0. The molecule has 0 fully saturated rings. The molecule has 0 heterocycles. The first-order valence-electron chi connectivity index (χ1n) is 5.72. The lowest BCUT2D eigenvalue weighted by Gasteiger charge is -2.15. The van der Waals surface area contributed by atoms with Crippen molar-refractivity contribution >= 4 is 23.2 Å². The number of halogens is 2. The Morgan fingerprint density at radius 2 is 1.27 bits per heavy atom. The van der Waals surface area contributed by atoms with E-state index in [0.29, 0.717) is 19.6 Å². The molecule has 2 nitrogen and oxygen atoms in total. The van der Waals surface area contributed by atoms with Crippen LogP contribution in [-0.4, -0.2) is 24.3 Å². The van der Waals surface area contributed by atoms with Gasteiger partial charge >= 0.3 is 0 Å². The molecule has 2 unspecified atom stereocenters. The molecule has 0 saturated heterocycles. The lowest BCUT2D eigenvalue weighted by molar-refractivity contribution is 0.0445. The van der Waals surface area contributed by atoms with Crippen LogP contribution >= 0.6 is 23.2 Å². The zero-order chi connectivity index (χ0) is 11.5. The van der Waals surface area contributed by atoms with Gasteiger partial charge in [0.15, 0.2) is 0 Å². The lowest BCUT2D eigenvalue weighted by Crippen LogP contribution is -2.16. The Balaban J connectivity index is 3.35. The van der Waals surface area contributed by atoms with Crippen molar-refractivity contribution in [3.63, 3.8) is 0 Å². The summed E-state index contributed by atoms with van der Waals surface area (Å²) in [5.74, 6) is 0. The molecule has 4 heteroatoms. The van der Waals surface area contributed by atoms with Crippen LogP contribution < -0.4 is 0 Å². The van der Waals surface area contributed by atoms with Crippen LogP contribution in [0.5, 0.6) is 0 Å². The van der Waals surface area contributed by atoms with Gasteiger partial charge in [-0.2, -0.15) is 0 Å². The molecule has 0 N–H and O–H groups in total. The van der Waals surface area contributed by atoms with Crippen molar-refractivity contribution in [2.75, 3.05) is 13.2 Å². The molecule has 0 aliphatic carbocycles. The van der Waals surface area contributed by atoms with Gasteiger partial charge in [-0.1, -0.05) is 49.9 Å². The Morgan fingerprint density at radius 1 is 0.867 bits per heavy atom. The van der Waals surface area contributed by atoms with E-state index in [0.717, 1.165) is 25.7 Å². The van der Waals surface area contributed by atoms with Gasteiger partial charge in [0.25, 0.3) is 0 Å². The van der Waals surface area contributed by atoms with Crippen LogP contribution in [-0.2, 0) is 9.47 Å². The Bertz CT molecular complexity index is 120. The molecule has 0 rings (SSSR count). The van der Waals surface area contributed by atoms with Gasteiger partial charge in [-0.15, -0.1) is 0 Å². The molecule has 0 aromatic carbocycles. The minimum atomic E-state index is -0.333. The number of alkyl halides is 2. The van der Waals surface area contributed by atoms with E-state index in [2.05, 4.69) is 13.8 Å². The second-order valence-corrected chi connectivity index (χ2v) is 4.48. The van der Waals surface area contributed by atoms with Gasteiger partial charge in [0.2, 0.25) is 0 Å². The maximum absolute atomic E-state index is 5.94. The normalized spacial score (nSPS) is 15.2. The Labute approximate surface area is 103 Å². The SMILES string of the molecule is CCCCOC(Cl)CC(Cl)OCCCC. The average Bonchev–Trinajstić information content (AvgIpc) is 2.18. The van der Waals surface area contributed by atoms with Gasteiger partial charge in [0.05, 0.1) is 0 Å². The number of hydrogen-bond acceptors (Lipinski definition) is 2. The monoisotopic (exact) mass is 256 g/mol. The van der Waals surface area contributed by atoms with E-state index in [4.69, 9.17) is 32.7 Å². The van der Waals surface area contributed by atoms with Crippen LogP contribution in [0.3, 0.4) is 0 Å². The van der Waals surface area contributed by atoms with Crippen molar-refractivity contribution in [3.8, 4) is 0 Å². The third kappa shape index (κ3) is 10.8. The summed E-state index contributed by atoms with van der Waals surface area (Å²) in [6.07, 6.45) is 4.83. The van der Waals surface area contributed by atoms with Crippen LogP contribution in [0.25, 0.3) is 0 Å². The smallest absolute Gasteiger partial charge is 0.134 e. The van der Waals surface area contributed by atoms with Crippen molar-refractivity contribution in [1.82, 2.24) is 0 Å². The largest absolute Gasteiger partial charge is 0.362 e. The van der Waals surface area contributed by atoms with Crippen molar-refractivity contribution < 1.29 is 9.47 Å². The molecule has 0 radical (unpaired) electrons. The summed E-state index contributed by atoms with van der Waals surface area (Å²) in [7, 11) is 0. The predicted molar refractivity (Wildman–Crippen MR) is 65.6 cm³/mol. The minimum Gasteiger partial charge on any atom is -0.362 e. The molecule has 0 aromatic heterocycles. The molecule has 15 heavy (non-hydrogen) atoms. The maximum Gasteiger partial charge on any atom is 0.134 e. The van der Waals surface area contributed by atoms with E-state index in [-0.39, 0.29) is 11.1 Å². The number of rotatable bonds is 10. The first-order valence-corrected chi connectivity index (χ1v) is 6.59.